The summed E-state index contributed by atoms with van der Waals surface area (Å²) < 4.78 is 34.5. The van der Waals surface area contributed by atoms with Gasteiger partial charge in [-0.3, -0.25) is 4.99 Å². The largest absolute Gasteiger partial charge is 0.404 e. The molecule has 0 amide bonds. The molecule has 2 aliphatic rings. The first-order valence-corrected chi connectivity index (χ1v) is 11.5. The molecule has 9 heteroatoms. The van der Waals surface area contributed by atoms with Gasteiger partial charge in [-0.15, -0.1) is 0 Å². The van der Waals surface area contributed by atoms with Crippen molar-refractivity contribution in [1.82, 2.24) is 19.9 Å². The molecule has 34 heavy (non-hydrogen) atoms. The summed E-state index contributed by atoms with van der Waals surface area (Å²) in [6, 6.07) is 3.80. The van der Waals surface area contributed by atoms with Crippen LogP contribution < -0.4 is 5.73 Å². The summed E-state index contributed by atoms with van der Waals surface area (Å²) in [5.74, 6) is -0.915. The van der Waals surface area contributed by atoms with Crippen molar-refractivity contribution in [2.24, 2.45) is 10.7 Å². The zero-order chi connectivity index (χ0) is 23.8. The van der Waals surface area contributed by atoms with Crippen LogP contribution in [0.25, 0.3) is 22.4 Å². The van der Waals surface area contributed by atoms with Crippen molar-refractivity contribution >= 4 is 17.4 Å². The molecule has 3 atom stereocenters. The lowest BCUT2D eigenvalue weighted by Crippen LogP contribution is -2.33. The number of halogens is 2. The maximum absolute atomic E-state index is 14.7. The molecule has 1 aromatic carbocycles. The van der Waals surface area contributed by atoms with E-state index < -0.39 is 11.6 Å². The third-order valence-corrected chi connectivity index (χ3v) is 6.15. The summed E-state index contributed by atoms with van der Waals surface area (Å²) in [7, 11) is 0. The van der Waals surface area contributed by atoms with Crippen LogP contribution in [0.1, 0.15) is 50.0 Å². The van der Waals surface area contributed by atoms with Gasteiger partial charge in [0.2, 0.25) is 0 Å². The number of hydrogen-bond acceptors (Lipinski definition) is 7. The molecule has 3 heterocycles. The molecule has 2 fully saturated rings. The van der Waals surface area contributed by atoms with E-state index in [4.69, 9.17) is 20.4 Å². The Kier molecular flexibility index (Phi) is 6.03. The fourth-order valence-electron chi connectivity index (χ4n) is 4.28. The van der Waals surface area contributed by atoms with E-state index in [-0.39, 0.29) is 23.7 Å². The highest BCUT2D eigenvalue weighted by molar-refractivity contribution is 5.87. The Hall–Kier alpha value is -3.33. The summed E-state index contributed by atoms with van der Waals surface area (Å²) in [6.45, 7) is 3.81. The monoisotopic (exact) mass is 464 g/mol. The second-order valence-corrected chi connectivity index (χ2v) is 9.02. The summed E-state index contributed by atoms with van der Waals surface area (Å²) in [5.41, 5.74) is 8.62. The molecule has 0 unspecified atom stereocenters. The number of aryl methyl sites for hydroxylation is 1. The lowest BCUT2D eigenvalue weighted by molar-refractivity contribution is -0.0272. The van der Waals surface area contributed by atoms with E-state index in [2.05, 4.69) is 15.0 Å². The van der Waals surface area contributed by atoms with Gasteiger partial charge in [-0.25, -0.2) is 28.7 Å². The van der Waals surface area contributed by atoms with E-state index in [0.717, 1.165) is 24.5 Å². The van der Waals surface area contributed by atoms with Crippen LogP contribution in [0.4, 0.5) is 8.78 Å². The van der Waals surface area contributed by atoms with Crippen molar-refractivity contribution in [3.8, 4) is 11.3 Å². The van der Waals surface area contributed by atoms with Crippen molar-refractivity contribution in [1.29, 1.82) is 0 Å². The van der Waals surface area contributed by atoms with Crippen molar-refractivity contribution in [3.63, 3.8) is 0 Å². The van der Waals surface area contributed by atoms with Crippen LogP contribution in [0.2, 0.25) is 0 Å². The number of benzene rings is 1. The molecule has 2 aromatic heterocycles. The number of aliphatic imine (C=N–C) groups is 1. The number of fused-ring (bicyclic) bond motifs is 1. The molecule has 1 aliphatic carbocycles. The third-order valence-electron chi connectivity index (χ3n) is 6.15. The van der Waals surface area contributed by atoms with Crippen LogP contribution in [0.5, 0.6) is 0 Å². The van der Waals surface area contributed by atoms with E-state index >= 15 is 0 Å². The molecular weight excluding hydrogens is 438 g/mol. The van der Waals surface area contributed by atoms with Gasteiger partial charge in [0.25, 0.3) is 0 Å². The van der Waals surface area contributed by atoms with Crippen LogP contribution in [-0.2, 0) is 4.74 Å². The topological polar surface area (TPSA) is 99.2 Å². The molecule has 176 valence electrons. The fourth-order valence-corrected chi connectivity index (χ4v) is 4.28. The zero-order valence-corrected chi connectivity index (χ0v) is 19.1. The van der Waals surface area contributed by atoms with Gasteiger partial charge in [0.1, 0.15) is 28.7 Å². The molecule has 0 spiro atoms. The van der Waals surface area contributed by atoms with Crippen molar-refractivity contribution in [2.75, 3.05) is 0 Å². The number of nitrogens with two attached hydrogens (primary N) is 1. The molecule has 0 radical (unpaired) electrons. The van der Waals surface area contributed by atoms with Crippen molar-refractivity contribution in [2.45, 2.75) is 63.7 Å². The highest BCUT2D eigenvalue weighted by atomic mass is 19.1. The van der Waals surface area contributed by atoms with E-state index in [1.165, 1.54) is 12.1 Å². The Morgan fingerprint density at radius 1 is 1.18 bits per heavy atom. The standard InChI is InChI=1S/C25H26F2N6O/c1-13-11-30-23-22(19-6-3-17(26)9-20(19)27)32-24(33-25(23)31-13)15-7-14(2)34-21(8-15)16(10-28)12-29-18-4-5-18/h3,6,9-12,14-15,18,21H,4-5,7-8,28H2,1-2H3/b16-10+,29-12?/t14-,15+,21-/m0/s1. The molecule has 3 aromatic rings. The van der Waals surface area contributed by atoms with Crippen molar-refractivity contribution in [3.05, 3.63) is 59.3 Å². The smallest absolute Gasteiger partial charge is 0.182 e. The summed E-state index contributed by atoms with van der Waals surface area (Å²) in [6.07, 6.45) is 8.11. The van der Waals surface area contributed by atoms with Crippen LogP contribution >= 0.6 is 0 Å². The predicted octanol–water partition coefficient (Wildman–Crippen LogP) is 4.40. The number of aromatic nitrogens is 4. The summed E-state index contributed by atoms with van der Waals surface area (Å²) in [5, 5.41) is 0. The first kappa shape index (κ1) is 22.5. The Labute approximate surface area is 196 Å². The average Bonchev–Trinajstić information content (AvgIpc) is 3.63. The predicted molar refractivity (Wildman–Crippen MR) is 125 cm³/mol. The van der Waals surface area contributed by atoms with Gasteiger partial charge in [0.15, 0.2) is 5.65 Å². The van der Waals surface area contributed by atoms with Gasteiger partial charge in [-0.05, 0) is 51.7 Å². The minimum Gasteiger partial charge on any atom is -0.404 e. The second-order valence-electron chi connectivity index (χ2n) is 9.02. The Morgan fingerprint density at radius 2 is 2.00 bits per heavy atom. The molecule has 5 rings (SSSR count). The first-order chi connectivity index (χ1) is 16.4. The minimum atomic E-state index is -0.712. The van der Waals surface area contributed by atoms with E-state index in [0.29, 0.717) is 47.3 Å². The van der Waals surface area contributed by atoms with Gasteiger partial charge in [-0.2, -0.15) is 0 Å². The quantitative estimate of drug-likeness (QED) is 0.562. The number of ether oxygens (including phenoxy) is 1. The van der Waals surface area contributed by atoms with Gasteiger partial charge in [0, 0.05) is 41.7 Å². The molecule has 1 aliphatic heterocycles. The van der Waals surface area contributed by atoms with E-state index in [9.17, 15) is 8.78 Å². The van der Waals surface area contributed by atoms with Gasteiger partial charge in [-0.1, -0.05) is 0 Å². The molecule has 2 N–H and O–H groups in total. The minimum absolute atomic E-state index is 0.0677. The molecule has 1 saturated carbocycles. The fraction of sp³-hybridized carbons (Fsp3) is 0.400. The Balaban J connectivity index is 1.56. The second kappa shape index (κ2) is 9.13. The van der Waals surface area contributed by atoms with Gasteiger partial charge in [0.05, 0.1) is 23.9 Å². The zero-order valence-electron chi connectivity index (χ0n) is 19.1. The summed E-state index contributed by atoms with van der Waals surface area (Å²) >= 11 is 0. The molecule has 7 nitrogen and oxygen atoms in total. The Bertz CT molecular complexity index is 1290. The number of hydrogen-bond donors (Lipinski definition) is 1. The lowest BCUT2D eigenvalue weighted by Gasteiger charge is -2.33. The van der Waals surface area contributed by atoms with Crippen molar-refractivity contribution < 1.29 is 13.5 Å². The molecule has 0 bridgehead atoms. The lowest BCUT2D eigenvalue weighted by atomic mass is 9.88. The van der Waals surface area contributed by atoms with Crippen LogP contribution in [0.3, 0.4) is 0 Å². The molecule has 1 saturated heterocycles. The normalized spacial score (nSPS) is 23.6. The number of nitrogens with zero attached hydrogens (tertiary/aromatic N) is 5. The first-order valence-electron chi connectivity index (χ1n) is 11.5. The molecular formula is C25H26F2N6O. The van der Waals surface area contributed by atoms with Crippen LogP contribution in [0.15, 0.2) is 41.2 Å². The highest BCUT2D eigenvalue weighted by Crippen LogP contribution is 2.36. The van der Waals surface area contributed by atoms with Crippen LogP contribution in [0, 0.1) is 18.6 Å². The van der Waals surface area contributed by atoms with E-state index in [1.54, 1.807) is 12.4 Å². The van der Waals surface area contributed by atoms with Gasteiger partial charge >= 0.3 is 0 Å². The van der Waals surface area contributed by atoms with Crippen LogP contribution in [-0.4, -0.2) is 44.4 Å². The third kappa shape index (κ3) is 4.65. The maximum Gasteiger partial charge on any atom is 0.182 e. The Morgan fingerprint density at radius 3 is 2.74 bits per heavy atom. The van der Waals surface area contributed by atoms with Gasteiger partial charge < -0.3 is 10.5 Å². The average molecular weight is 465 g/mol. The summed E-state index contributed by atoms with van der Waals surface area (Å²) in [4.78, 5) is 22.9. The number of rotatable bonds is 5. The SMILES string of the molecule is Cc1cnc2c(-c3ccc(F)cc3F)nc([C@H]3C[C@@H](/C(C=NC4CC4)=C/N)O[C@@H](C)C3)nc2n1. The maximum atomic E-state index is 14.7. The highest BCUT2D eigenvalue weighted by Gasteiger charge is 2.33. The van der Waals surface area contributed by atoms with E-state index in [1.807, 2.05) is 20.1 Å².